The second kappa shape index (κ2) is 6.87. The molecule has 1 N–H and O–H groups in total. The van der Waals surface area contributed by atoms with Gasteiger partial charge in [-0.15, -0.1) is 11.3 Å². The van der Waals surface area contributed by atoms with Crippen LogP contribution in [0.15, 0.2) is 6.20 Å². The second-order valence-electron chi connectivity index (χ2n) is 5.78. The fourth-order valence-corrected chi connectivity index (χ4v) is 4.22. The third-order valence-electron chi connectivity index (χ3n) is 3.77. The van der Waals surface area contributed by atoms with Crippen LogP contribution in [0, 0.1) is 0 Å². The summed E-state index contributed by atoms with van der Waals surface area (Å²) in [6.07, 6.45) is 3.60. The fraction of sp³-hybridized carbons (Fsp3) is 0.714. The molecule has 21 heavy (non-hydrogen) atoms. The minimum atomic E-state index is -0.875. The van der Waals surface area contributed by atoms with Crippen molar-refractivity contribution in [2.45, 2.75) is 44.9 Å². The molecule has 2 amide bonds. The first kappa shape index (κ1) is 16.4. The monoisotopic (exact) mass is 329 g/mol. The van der Waals surface area contributed by atoms with Crippen molar-refractivity contribution >= 4 is 28.2 Å². The Kier molecular flexibility index (Phi) is 5.37. The number of rotatable bonds is 3. The summed E-state index contributed by atoms with van der Waals surface area (Å²) < 4.78 is 11.9. The summed E-state index contributed by atoms with van der Waals surface area (Å²) in [5, 5.41) is 3.84. The second-order valence-corrected chi connectivity index (χ2v) is 9.18. The van der Waals surface area contributed by atoms with Gasteiger partial charge < -0.3 is 10.2 Å². The van der Waals surface area contributed by atoms with Gasteiger partial charge in [-0.25, -0.2) is 9.78 Å². The molecule has 118 valence electrons. The Morgan fingerprint density at radius 1 is 1.52 bits per heavy atom. The van der Waals surface area contributed by atoms with Crippen molar-refractivity contribution in [3.05, 3.63) is 16.1 Å². The molecule has 1 aromatic rings. The van der Waals surface area contributed by atoms with Crippen LogP contribution in [0.25, 0.3) is 0 Å². The van der Waals surface area contributed by atoms with E-state index >= 15 is 0 Å². The molecule has 1 aromatic heterocycles. The first-order chi connectivity index (χ1) is 9.92. The molecule has 0 radical (unpaired) electrons. The maximum atomic E-state index is 12.2. The van der Waals surface area contributed by atoms with E-state index in [1.165, 1.54) is 4.88 Å². The lowest BCUT2D eigenvalue weighted by atomic mass is 10.1. The zero-order valence-corrected chi connectivity index (χ0v) is 14.5. The summed E-state index contributed by atoms with van der Waals surface area (Å²) in [7, 11) is -0.875. The lowest BCUT2D eigenvalue weighted by Crippen LogP contribution is -2.41. The highest BCUT2D eigenvalue weighted by atomic mass is 32.2. The molecule has 1 saturated heterocycles. The van der Waals surface area contributed by atoms with E-state index in [-0.39, 0.29) is 10.8 Å². The quantitative estimate of drug-likeness (QED) is 0.924. The van der Waals surface area contributed by atoms with Gasteiger partial charge in [0.05, 0.1) is 6.54 Å². The first-order valence-electron chi connectivity index (χ1n) is 7.27. The Hall–Kier alpha value is -0.950. The minimum absolute atomic E-state index is 0.0852. The van der Waals surface area contributed by atoms with Gasteiger partial charge in [-0.2, -0.15) is 0 Å². The molecule has 1 aliphatic heterocycles. The molecule has 1 aliphatic rings. The Labute approximate surface area is 132 Å². The highest BCUT2D eigenvalue weighted by molar-refractivity contribution is 7.86. The molecular weight excluding hydrogens is 306 g/mol. The molecule has 0 bridgehead atoms. The zero-order chi connectivity index (χ0) is 15.5. The molecule has 2 rings (SSSR count). The maximum absolute atomic E-state index is 12.2. The van der Waals surface area contributed by atoms with Crippen molar-refractivity contribution in [1.29, 1.82) is 0 Å². The van der Waals surface area contributed by atoms with Crippen LogP contribution in [-0.4, -0.2) is 43.7 Å². The van der Waals surface area contributed by atoms with E-state index in [4.69, 9.17) is 0 Å². The van der Waals surface area contributed by atoms with Crippen LogP contribution in [0.3, 0.4) is 0 Å². The molecule has 5 nitrogen and oxygen atoms in total. The summed E-state index contributed by atoms with van der Waals surface area (Å²) >= 11 is 1.63. The lowest BCUT2D eigenvalue weighted by molar-refractivity contribution is 0.199. The van der Waals surface area contributed by atoms with Gasteiger partial charge in [0.15, 0.2) is 0 Å². The largest absolute Gasteiger partial charge is 0.331 e. The Balaban J connectivity index is 1.87. The highest BCUT2D eigenvalue weighted by Gasteiger charge is 2.31. The van der Waals surface area contributed by atoms with Crippen molar-refractivity contribution < 1.29 is 9.00 Å². The average Bonchev–Trinajstić information content (AvgIpc) is 2.87. The third-order valence-corrected chi connectivity index (χ3v) is 6.91. The number of carbonyl (C=O) groups is 1. The number of nitrogens with zero attached hydrogens (tertiary/aromatic N) is 2. The maximum Gasteiger partial charge on any atom is 0.317 e. The number of thiazole rings is 1. The molecule has 0 spiro atoms. The van der Waals surface area contributed by atoms with E-state index < -0.39 is 10.8 Å². The Morgan fingerprint density at radius 2 is 2.29 bits per heavy atom. The Morgan fingerprint density at radius 3 is 2.95 bits per heavy atom. The number of amides is 2. The summed E-state index contributed by atoms with van der Waals surface area (Å²) in [6, 6.07) is -0.0852. The highest BCUT2D eigenvalue weighted by Crippen LogP contribution is 2.22. The first-order valence-corrected chi connectivity index (χ1v) is 9.41. The smallest absolute Gasteiger partial charge is 0.317 e. The molecule has 1 atom stereocenters. The molecule has 0 aliphatic carbocycles. The number of carbonyl (C=O) groups excluding carboxylic acids is 1. The molecule has 7 heteroatoms. The summed E-state index contributed by atoms with van der Waals surface area (Å²) in [5.41, 5.74) is 0. The summed E-state index contributed by atoms with van der Waals surface area (Å²) in [6.45, 7) is 7.78. The van der Waals surface area contributed by atoms with Crippen molar-refractivity contribution in [1.82, 2.24) is 15.2 Å². The molecule has 0 aromatic carbocycles. The summed E-state index contributed by atoms with van der Waals surface area (Å²) in [5.74, 6) is 0.553. The number of urea groups is 1. The van der Waals surface area contributed by atoms with Crippen molar-refractivity contribution in [2.75, 3.05) is 18.8 Å². The zero-order valence-electron chi connectivity index (χ0n) is 12.8. The fourth-order valence-electron chi connectivity index (χ4n) is 2.16. The number of nitrogens with one attached hydrogen (secondary N) is 1. The number of hydrogen-bond acceptors (Lipinski definition) is 4. The van der Waals surface area contributed by atoms with E-state index in [1.807, 2.05) is 20.0 Å². The van der Waals surface area contributed by atoms with Gasteiger partial charge in [-0.05, 0) is 26.7 Å². The van der Waals surface area contributed by atoms with Gasteiger partial charge in [-0.1, -0.05) is 6.92 Å². The van der Waals surface area contributed by atoms with Crippen molar-refractivity contribution in [3.8, 4) is 0 Å². The lowest BCUT2D eigenvalue weighted by Gasteiger charge is -2.22. The number of aryl methyl sites for hydroxylation is 1. The molecule has 0 saturated carbocycles. The number of hydrogen-bond donors (Lipinski definition) is 1. The number of aromatic nitrogens is 1. The topological polar surface area (TPSA) is 62.3 Å². The van der Waals surface area contributed by atoms with E-state index in [0.717, 1.165) is 17.8 Å². The molecule has 1 fully saturated rings. The molecule has 1 unspecified atom stereocenters. The predicted molar refractivity (Wildman–Crippen MR) is 87.0 cm³/mol. The van der Waals surface area contributed by atoms with Gasteiger partial charge in [-0.3, -0.25) is 4.21 Å². The summed E-state index contributed by atoms with van der Waals surface area (Å²) in [4.78, 5) is 19.5. The average molecular weight is 329 g/mol. The van der Waals surface area contributed by atoms with Gasteiger partial charge in [0.25, 0.3) is 0 Å². The van der Waals surface area contributed by atoms with Crippen LogP contribution in [0.4, 0.5) is 4.79 Å². The van der Waals surface area contributed by atoms with Crippen LogP contribution in [0.2, 0.25) is 0 Å². The van der Waals surface area contributed by atoms with Crippen LogP contribution in [0.1, 0.15) is 37.1 Å². The van der Waals surface area contributed by atoms with Gasteiger partial charge >= 0.3 is 6.03 Å². The van der Waals surface area contributed by atoms with Gasteiger partial charge in [0.1, 0.15) is 5.01 Å². The SMILES string of the molecule is CCc1cnc(CNC(=O)N2CCS(=O)C(C)(C)CC2)s1. The van der Waals surface area contributed by atoms with E-state index in [2.05, 4.69) is 17.2 Å². The van der Waals surface area contributed by atoms with Gasteiger partial charge in [0.2, 0.25) is 0 Å². The van der Waals surface area contributed by atoms with Crippen LogP contribution < -0.4 is 5.32 Å². The van der Waals surface area contributed by atoms with Crippen LogP contribution in [0.5, 0.6) is 0 Å². The van der Waals surface area contributed by atoms with E-state index in [9.17, 15) is 9.00 Å². The standard InChI is InChI=1S/C14H23N3O2S2/c1-4-11-9-15-12(20-11)10-16-13(18)17-6-5-14(2,3)21(19)8-7-17/h9H,4-8,10H2,1-3H3,(H,16,18). The molecular formula is C14H23N3O2S2. The van der Waals surface area contributed by atoms with Crippen LogP contribution >= 0.6 is 11.3 Å². The molecule has 2 heterocycles. The van der Waals surface area contributed by atoms with E-state index in [0.29, 0.717) is 25.4 Å². The van der Waals surface area contributed by atoms with E-state index in [1.54, 1.807) is 16.2 Å². The third kappa shape index (κ3) is 4.26. The van der Waals surface area contributed by atoms with Crippen molar-refractivity contribution in [2.24, 2.45) is 0 Å². The predicted octanol–water partition coefficient (Wildman–Crippen LogP) is 2.15. The minimum Gasteiger partial charge on any atom is -0.331 e. The van der Waals surface area contributed by atoms with Gasteiger partial charge in [0, 0.05) is 45.5 Å². The van der Waals surface area contributed by atoms with Crippen molar-refractivity contribution in [3.63, 3.8) is 0 Å². The van der Waals surface area contributed by atoms with Crippen LogP contribution in [-0.2, 0) is 23.8 Å². The Bertz CT molecular complexity index is 528. The normalized spacial score (nSPS) is 21.9.